The summed E-state index contributed by atoms with van der Waals surface area (Å²) in [7, 11) is 1.30. The molecule has 0 saturated carbocycles. The van der Waals surface area contributed by atoms with Gasteiger partial charge in [-0.3, -0.25) is 9.59 Å². The highest BCUT2D eigenvalue weighted by atomic mass is 16.5. The number of nitrogens with one attached hydrogen (secondary N) is 2. The van der Waals surface area contributed by atoms with Crippen molar-refractivity contribution in [3.05, 3.63) is 0 Å². The molecule has 1 aliphatic heterocycles. The molecule has 1 amide bonds. The molecule has 1 fully saturated rings. The van der Waals surface area contributed by atoms with E-state index in [1.54, 1.807) is 0 Å². The highest BCUT2D eigenvalue weighted by molar-refractivity contribution is 5.89. The van der Waals surface area contributed by atoms with Gasteiger partial charge in [-0.1, -0.05) is 0 Å². The lowest BCUT2D eigenvalue weighted by atomic mass is 9.99. The van der Waals surface area contributed by atoms with Crippen molar-refractivity contribution in [2.45, 2.75) is 25.3 Å². The summed E-state index contributed by atoms with van der Waals surface area (Å²) in [4.78, 5) is 22.4. The highest BCUT2D eigenvalue weighted by Crippen LogP contribution is 2.18. The van der Waals surface area contributed by atoms with E-state index in [2.05, 4.69) is 15.4 Å². The molecule has 5 heteroatoms. The molecule has 1 rings (SSSR count). The van der Waals surface area contributed by atoms with Gasteiger partial charge in [0.15, 0.2) is 0 Å². The summed E-state index contributed by atoms with van der Waals surface area (Å²) in [6, 6.07) is 0. The second-order valence-electron chi connectivity index (χ2n) is 3.62. The van der Waals surface area contributed by atoms with Crippen LogP contribution in [0.4, 0.5) is 0 Å². The average Bonchev–Trinajstić information content (AvgIpc) is 2.62. The molecule has 14 heavy (non-hydrogen) atoms. The lowest BCUT2D eigenvalue weighted by Gasteiger charge is -2.22. The van der Waals surface area contributed by atoms with Crippen LogP contribution in [-0.2, 0) is 14.3 Å². The molecule has 1 heterocycles. The molecule has 1 aliphatic rings. The number of ether oxygens (including phenoxy) is 1. The lowest BCUT2D eigenvalue weighted by Crippen LogP contribution is -2.52. The third-order valence-corrected chi connectivity index (χ3v) is 2.49. The van der Waals surface area contributed by atoms with E-state index in [4.69, 9.17) is 0 Å². The van der Waals surface area contributed by atoms with Gasteiger partial charge in [0.2, 0.25) is 5.91 Å². The predicted molar refractivity (Wildman–Crippen MR) is 50.7 cm³/mol. The van der Waals surface area contributed by atoms with Gasteiger partial charge in [-0.05, 0) is 26.3 Å². The van der Waals surface area contributed by atoms with E-state index in [1.807, 2.05) is 6.92 Å². The zero-order valence-electron chi connectivity index (χ0n) is 8.55. The van der Waals surface area contributed by atoms with Gasteiger partial charge in [-0.25, -0.2) is 0 Å². The number of hydrogen-bond donors (Lipinski definition) is 2. The van der Waals surface area contributed by atoms with E-state index < -0.39 is 11.5 Å². The summed E-state index contributed by atoms with van der Waals surface area (Å²) >= 11 is 0. The first-order valence-electron chi connectivity index (χ1n) is 4.68. The Kier molecular flexibility index (Phi) is 3.46. The van der Waals surface area contributed by atoms with E-state index in [9.17, 15) is 9.59 Å². The van der Waals surface area contributed by atoms with Crippen LogP contribution in [0, 0.1) is 0 Å². The number of hydrogen-bond acceptors (Lipinski definition) is 4. The molecular weight excluding hydrogens is 184 g/mol. The third-order valence-electron chi connectivity index (χ3n) is 2.49. The van der Waals surface area contributed by atoms with Crippen LogP contribution in [0.25, 0.3) is 0 Å². The molecule has 1 saturated heterocycles. The topological polar surface area (TPSA) is 67.4 Å². The average molecular weight is 200 g/mol. The van der Waals surface area contributed by atoms with E-state index in [0.29, 0.717) is 0 Å². The molecule has 0 bridgehead atoms. The molecule has 0 radical (unpaired) electrons. The highest BCUT2D eigenvalue weighted by Gasteiger charge is 2.35. The van der Waals surface area contributed by atoms with Crippen molar-refractivity contribution in [2.24, 2.45) is 0 Å². The summed E-state index contributed by atoms with van der Waals surface area (Å²) < 4.78 is 4.42. The van der Waals surface area contributed by atoms with Crippen LogP contribution in [-0.4, -0.2) is 37.6 Å². The Labute approximate surface area is 83.2 Å². The van der Waals surface area contributed by atoms with Crippen molar-refractivity contribution in [1.29, 1.82) is 0 Å². The molecule has 0 aromatic heterocycles. The number of rotatable bonds is 3. The van der Waals surface area contributed by atoms with Gasteiger partial charge in [0.1, 0.15) is 6.54 Å². The van der Waals surface area contributed by atoms with Crippen molar-refractivity contribution < 1.29 is 14.3 Å². The Morgan fingerprint density at radius 1 is 1.57 bits per heavy atom. The van der Waals surface area contributed by atoms with Gasteiger partial charge in [0.05, 0.1) is 12.6 Å². The molecule has 1 unspecified atom stereocenters. The molecule has 1 atom stereocenters. The molecular formula is C9H16N2O3. The molecule has 0 aliphatic carbocycles. The van der Waals surface area contributed by atoms with Crippen LogP contribution in [0.1, 0.15) is 19.8 Å². The summed E-state index contributed by atoms with van der Waals surface area (Å²) in [6.45, 7) is 2.63. The van der Waals surface area contributed by atoms with Gasteiger partial charge in [0, 0.05) is 0 Å². The quantitative estimate of drug-likeness (QED) is 0.598. The zero-order valence-corrected chi connectivity index (χ0v) is 8.55. The second-order valence-corrected chi connectivity index (χ2v) is 3.62. The summed E-state index contributed by atoms with van der Waals surface area (Å²) in [6.07, 6.45) is 1.79. The van der Waals surface area contributed by atoms with Crippen LogP contribution >= 0.6 is 0 Å². The minimum atomic E-state index is -0.520. The van der Waals surface area contributed by atoms with Gasteiger partial charge in [0.25, 0.3) is 0 Å². The normalized spacial score (nSPS) is 25.9. The monoisotopic (exact) mass is 200 g/mol. The van der Waals surface area contributed by atoms with Gasteiger partial charge in [-0.2, -0.15) is 0 Å². The molecule has 80 valence electrons. The second kappa shape index (κ2) is 4.41. The maximum Gasteiger partial charge on any atom is 0.325 e. The standard InChI is InChI=1S/C9H16N2O3/c1-9(4-3-5-11-9)8(13)10-6-7(12)14-2/h11H,3-6H2,1-2H3,(H,10,13). The van der Waals surface area contributed by atoms with E-state index in [0.717, 1.165) is 19.4 Å². The first-order chi connectivity index (χ1) is 6.58. The van der Waals surface area contributed by atoms with E-state index in [-0.39, 0.29) is 12.5 Å². The lowest BCUT2D eigenvalue weighted by molar-refractivity contribution is -0.141. The fourth-order valence-electron chi connectivity index (χ4n) is 1.51. The van der Waals surface area contributed by atoms with Crippen molar-refractivity contribution >= 4 is 11.9 Å². The summed E-state index contributed by atoms with van der Waals surface area (Å²) in [5.41, 5.74) is -0.520. The van der Waals surface area contributed by atoms with Crippen LogP contribution in [0.15, 0.2) is 0 Å². The minimum absolute atomic E-state index is 0.0629. The summed E-state index contributed by atoms with van der Waals surface area (Å²) in [5, 5.41) is 5.65. The van der Waals surface area contributed by atoms with Gasteiger partial charge in [-0.15, -0.1) is 0 Å². The largest absolute Gasteiger partial charge is 0.468 e. The Bertz CT molecular complexity index is 234. The fourth-order valence-corrected chi connectivity index (χ4v) is 1.51. The van der Waals surface area contributed by atoms with Crippen molar-refractivity contribution in [1.82, 2.24) is 10.6 Å². The van der Waals surface area contributed by atoms with E-state index >= 15 is 0 Å². The van der Waals surface area contributed by atoms with Gasteiger partial charge >= 0.3 is 5.97 Å². The van der Waals surface area contributed by atoms with Crippen molar-refractivity contribution in [3.63, 3.8) is 0 Å². The number of methoxy groups -OCH3 is 1. The molecule has 2 N–H and O–H groups in total. The van der Waals surface area contributed by atoms with Crippen LogP contribution in [0.5, 0.6) is 0 Å². The maximum absolute atomic E-state index is 11.6. The van der Waals surface area contributed by atoms with Crippen LogP contribution in [0.3, 0.4) is 0 Å². The smallest absolute Gasteiger partial charge is 0.325 e. The number of carbonyl (C=O) groups is 2. The van der Waals surface area contributed by atoms with Crippen LogP contribution < -0.4 is 10.6 Å². The van der Waals surface area contributed by atoms with Crippen LogP contribution in [0.2, 0.25) is 0 Å². The molecule has 0 spiro atoms. The maximum atomic E-state index is 11.6. The summed E-state index contributed by atoms with van der Waals surface area (Å²) in [5.74, 6) is -0.569. The molecule has 0 aromatic carbocycles. The zero-order chi connectivity index (χ0) is 10.6. The van der Waals surface area contributed by atoms with Crippen molar-refractivity contribution in [3.8, 4) is 0 Å². The Morgan fingerprint density at radius 3 is 2.79 bits per heavy atom. The fraction of sp³-hybridized carbons (Fsp3) is 0.778. The third kappa shape index (κ3) is 2.45. The number of amides is 1. The minimum Gasteiger partial charge on any atom is -0.468 e. The number of carbonyl (C=O) groups excluding carboxylic acids is 2. The van der Waals surface area contributed by atoms with E-state index in [1.165, 1.54) is 7.11 Å². The first-order valence-corrected chi connectivity index (χ1v) is 4.68. The van der Waals surface area contributed by atoms with Gasteiger partial charge < -0.3 is 15.4 Å². The predicted octanol–water partition coefficient (Wildman–Crippen LogP) is -0.582. The number of esters is 1. The Balaban J connectivity index is 2.38. The Morgan fingerprint density at radius 2 is 2.29 bits per heavy atom. The van der Waals surface area contributed by atoms with Crippen molar-refractivity contribution in [2.75, 3.05) is 20.2 Å². The first kappa shape index (κ1) is 11.0. The molecule has 0 aromatic rings. The molecule has 5 nitrogen and oxygen atoms in total. The SMILES string of the molecule is COC(=O)CNC(=O)C1(C)CCCN1. The Hall–Kier alpha value is -1.10.